The third kappa shape index (κ3) is 5.06. The van der Waals surface area contributed by atoms with Crippen LogP contribution in [0.25, 0.3) is 11.3 Å². The minimum atomic E-state index is -0.141. The molecule has 0 aliphatic rings. The van der Waals surface area contributed by atoms with E-state index in [1.807, 2.05) is 45.2 Å². The maximum atomic E-state index is 12.5. The largest absolute Gasteiger partial charge is 0.475 e. The fourth-order valence-corrected chi connectivity index (χ4v) is 2.73. The van der Waals surface area contributed by atoms with Crippen LogP contribution in [-0.4, -0.2) is 37.8 Å². The van der Waals surface area contributed by atoms with Gasteiger partial charge < -0.3 is 15.8 Å². The maximum absolute atomic E-state index is 12.5. The van der Waals surface area contributed by atoms with E-state index in [4.69, 9.17) is 10.5 Å². The average Bonchev–Trinajstić information content (AvgIpc) is 3.13. The summed E-state index contributed by atoms with van der Waals surface area (Å²) in [5, 5.41) is 7.11. The Hall–Kier alpha value is -3.42. The van der Waals surface area contributed by atoms with Crippen molar-refractivity contribution in [2.45, 2.75) is 39.5 Å². The molecule has 0 saturated heterocycles. The summed E-state index contributed by atoms with van der Waals surface area (Å²) in [7, 11) is 0. The van der Waals surface area contributed by atoms with E-state index in [1.165, 1.54) is 0 Å². The van der Waals surface area contributed by atoms with Crippen LogP contribution in [-0.2, 0) is 6.54 Å². The number of anilines is 1. The predicted molar refractivity (Wildman–Crippen MR) is 107 cm³/mol. The molecule has 2 aromatic heterocycles. The molecular weight excluding hydrogens is 356 g/mol. The fraction of sp³-hybridized carbons (Fsp3) is 0.300. The summed E-state index contributed by atoms with van der Waals surface area (Å²) in [6, 6.07) is 10.7. The highest BCUT2D eigenvalue weighted by atomic mass is 16.5. The van der Waals surface area contributed by atoms with Crippen molar-refractivity contribution in [1.29, 1.82) is 0 Å². The Morgan fingerprint density at radius 1 is 1.21 bits per heavy atom. The lowest BCUT2D eigenvalue weighted by Gasteiger charge is -2.14. The summed E-state index contributed by atoms with van der Waals surface area (Å²) in [5.41, 5.74) is 7.82. The Morgan fingerprint density at radius 3 is 2.61 bits per heavy atom. The van der Waals surface area contributed by atoms with E-state index in [9.17, 15) is 4.79 Å². The van der Waals surface area contributed by atoms with E-state index in [0.717, 1.165) is 5.56 Å². The van der Waals surface area contributed by atoms with Crippen molar-refractivity contribution in [2.75, 3.05) is 5.73 Å². The van der Waals surface area contributed by atoms with Crippen molar-refractivity contribution in [3.8, 4) is 17.1 Å². The monoisotopic (exact) mass is 380 g/mol. The molecule has 28 heavy (non-hydrogen) atoms. The van der Waals surface area contributed by atoms with Gasteiger partial charge in [0.05, 0.1) is 18.3 Å². The van der Waals surface area contributed by atoms with Gasteiger partial charge >= 0.3 is 0 Å². The Kier molecular flexibility index (Phi) is 5.88. The molecule has 8 heteroatoms. The number of nitrogens with two attached hydrogens (primary N) is 1. The van der Waals surface area contributed by atoms with Gasteiger partial charge in [-0.05, 0) is 39.0 Å². The summed E-state index contributed by atoms with van der Waals surface area (Å²) >= 11 is 0. The third-order valence-electron chi connectivity index (χ3n) is 3.92. The van der Waals surface area contributed by atoms with E-state index >= 15 is 0 Å². The van der Waals surface area contributed by atoms with Crippen molar-refractivity contribution < 1.29 is 9.53 Å². The number of amides is 1. The molecule has 2 heterocycles. The van der Waals surface area contributed by atoms with Gasteiger partial charge in [-0.15, -0.1) is 0 Å². The number of benzene rings is 1. The lowest BCUT2D eigenvalue weighted by molar-refractivity contribution is 0.0936. The zero-order valence-corrected chi connectivity index (χ0v) is 16.2. The van der Waals surface area contributed by atoms with Crippen LogP contribution in [0.3, 0.4) is 0 Å². The number of ether oxygens (including phenoxy) is 1. The molecule has 8 nitrogen and oxygen atoms in total. The quantitative estimate of drug-likeness (QED) is 0.652. The van der Waals surface area contributed by atoms with Crippen LogP contribution in [0.4, 0.5) is 5.95 Å². The molecule has 146 valence electrons. The van der Waals surface area contributed by atoms with E-state index in [1.54, 1.807) is 29.1 Å². The van der Waals surface area contributed by atoms with E-state index in [-0.39, 0.29) is 24.0 Å². The van der Waals surface area contributed by atoms with Crippen LogP contribution < -0.4 is 15.8 Å². The first-order valence-corrected chi connectivity index (χ1v) is 9.10. The van der Waals surface area contributed by atoms with Gasteiger partial charge in [0, 0.05) is 35.6 Å². The van der Waals surface area contributed by atoms with Crippen LogP contribution >= 0.6 is 0 Å². The summed E-state index contributed by atoms with van der Waals surface area (Å²) in [6.07, 6.45) is 3.56. The average molecular weight is 380 g/mol. The highest BCUT2D eigenvalue weighted by Gasteiger charge is 2.12. The third-order valence-corrected chi connectivity index (χ3v) is 3.92. The molecule has 1 atom stereocenters. The lowest BCUT2D eigenvalue weighted by Crippen LogP contribution is -2.35. The van der Waals surface area contributed by atoms with E-state index < -0.39 is 0 Å². The number of carbonyl (C=O) groups excluding carboxylic acids is 1. The van der Waals surface area contributed by atoms with Crippen molar-refractivity contribution in [3.63, 3.8) is 0 Å². The molecule has 1 amide bonds. The SMILES string of the molecule is CC(Cn1cccn1)NC(=O)c1ccc(-c2cc(OC(C)C)nc(N)n2)cc1. The highest BCUT2D eigenvalue weighted by Crippen LogP contribution is 2.23. The Balaban J connectivity index is 1.69. The number of carbonyl (C=O) groups is 1. The second-order valence-electron chi connectivity index (χ2n) is 6.80. The first kappa shape index (κ1) is 19.3. The molecule has 0 fully saturated rings. The number of rotatable bonds is 7. The highest BCUT2D eigenvalue weighted by molar-refractivity contribution is 5.94. The number of hydrogen-bond acceptors (Lipinski definition) is 6. The Morgan fingerprint density at radius 2 is 1.96 bits per heavy atom. The molecule has 0 aliphatic heterocycles. The van der Waals surface area contributed by atoms with Crippen LogP contribution in [0.2, 0.25) is 0 Å². The maximum Gasteiger partial charge on any atom is 0.251 e. The molecule has 3 rings (SSSR count). The van der Waals surface area contributed by atoms with Gasteiger partial charge in [0.1, 0.15) is 0 Å². The zero-order valence-electron chi connectivity index (χ0n) is 16.2. The van der Waals surface area contributed by atoms with E-state index in [2.05, 4.69) is 20.4 Å². The van der Waals surface area contributed by atoms with Gasteiger partial charge in [-0.25, -0.2) is 4.98 Å². The number of nitrogen functional groups attached to an aromatic ring is 1. The second kappa shape index (κ2) is 8.51. The van der Waals surface area contributed by atoms with Crippen molar-refractivity contribution >= 4 is 11.9 Å². The normalized spacial score (nSPS) is 12.0. The van der Waals surface area contributed by atoms with Crippen LogP contribution in [0.5, 0.6) is 5.88 Å². The van der Waals surface area contributed by atoms with Crippen LogP contribution in [0.1, 0.15) is 31.1 Å². The minimum Gasteiger partial charge on any atom is -0.475 e. The first-order chi connectivity index (χ1) is 13.4. The molecular formula is C20H24N6O2. The summed E-state index contributed by atoms with van der Waals surface area (Å²) in [4.78, 5) is 20.8. The molecule has 0 radical (unpaired) electrons. The van der Waals surface area contributed by atoms with Crippen molar-refractivity contribution in [1.82, 2.24) is 25.1 Å². The number of nitrogens with one attached hydrogen (secondary N) is 1. The molecule has 0 saturated carbocycles. The van der Waals surface area contributed by atoms with Crippen LogP contribution in [0.15, 0.2) is 48.8 Å². The van der Waals surface area contributed by atoms with Crippen LogP contribution in [0, 0.1) is 0 Å². The minimum absolute atomic E-state index is 0.0167. The van der Waals surface area contributed by atoms with Crippen molar-refractivity contribution in [2.24, 2.45) is 0 Å². The number of hydrogen-bond donors (Lipinski definition) is 2. The molecule has 3 N–H and O–H groups in total. The fourth-order valence-electron chi connectivity index (χ4n) is 2.73. The van der Waals surface area contributed by atoms with Gasteiger partial charge in [-0.1, -0.05) is 12.1 Å². The smallest absolute Gasteiger partial charge is 0.251 e. The van der Waals surface area contributed by atoms with Gasteiger partial charge in [-0.3, -0.25) is 9.48 Å². The summed E-state index contributed by atoms with van der Waals surface area (Å²) < 4.78 is 7.39. The first-order valence-electron chi connectivity index (χ1n) is 9.10. The Bertz CT molecular complexity index is 922. The molecule has 1 unspecified atom stereocenters. The zero-order chi connectivity index (χ0) is 20.1. The molecule has 0 aliphatic carbocycles. The van der Waals surface area contributed by atoms with Gasteiger partial charge in [0.15, 0.2) is 0 Å². The number of nitrogens with zero attached hydrogens (tertiary/aromatic N) is 4. The van der Waals surface area contributed by atoms with Gasteiger partial charge in [0.2, 0.25) is 11.8 Å². The molecule has 0 spiro atoms. The van der Waals surface area contributed by atoms with Gasteiger partial charge in [0.25, 0.3) is 5.91 Å². The topological polar surface area (TPSA) is 108 Å². The van der Waals surface area contributed by atoms with Gasteiger partial charge in [-0.2, -0.15) is 10.1 Å². The summed E-state index contributed by atoms with van der Waals surface area (Å²) in [5.74, 6) is 0.423. The second-order valence-corrected chi connectivity index (χ2v) is 6.80. The lowest BCUT2D eigenvalue weighted by atomic mass is 10.1. The molecule has 1 aromatic carbocycles. The molecule has 0 bridgehead atoms. The number of aromatic nitrogens is 4. The Labute approximate surface area is 163 Å². The summed E-state index contributed by atoms with van der Waals surface area (Å²) in [6.45, 7) is 6.38. The predicted octanol–water partition coefficient (Wildman–Crippen LogP) is 2.53. The standard InChI is InChI=1S/C20H24N6O2/c1-13(2)28-18-11-17(24-20(21)25-18)15-5-7-16(8-6-15)19(27)23-14(3)12-26-10-4-9-22-26/h4-11,13-14H,12H2,1-3H3,(H,23,27)(H2,21,24,25). The molecule has 3 aromatic rings. The van der Waals surface area contributed by atoms with E-state index in [0.29, 0.717) is 23.7 Å². The van der Waals surface area contributed by atoms with Crippen molar-refractivity contribution in [3.05, 3.63) is 54.4 Å².